The first kappa shape index (κ1) is 15.2. The van der Waals surface area contributed by atoms with Gasteiger partial charge in [-0.15, -0.1) is 0 Å². The summed E-state index contributed by atoms with van der Waals surface area (Å²) in [6.07, 6.45) is 1.10. The van der Waals surface area contributed by atoms with E-state index in [1.807, 2.05) is 0 Å². The Morgan fingerprint density at radius 3 is 2.33 bits per heavy atom. The molecule has 0 aliphatic rings. The van der Waals surface area contributed by atoms with Crippen molar-refractivity contribution in [3.8, 4) is 0 Å². The molecule has 0 fully saturated rings. The van der Waals surface area contributed by atoms with Crippen LogP contribution < -0.4 is 10.6 Å². The van der Waals surface area contributed by atoms with Gasteiger partial charge in [-0.3, -0.25) is 0 Å². The number of benzene rings is 1. The Hall–Kier alpha value is -0.860. The Kier molecular flexibility index (Phi) is 6.37. The number of hydrogen-bond donors (Lipinski definition) is 2. The predicted molar refractivity (Wildman–Crippen MR) is 80.2 cm³/mol. The lowest BCUT2D eigenvalue weighted by atomic mass is 10.0. The van der Waals surface area contributed by atoms with Gasteiger partial charge in [-0.2, -0.15) is 0 Å². The molecule has 0 aliphatic heterocycles. The van der Waals surface area contributed by atoms with E-state index >= 15 is 0 Å². The van der Waals surface area contributed by atoms with Crippen LogP contribution in [0.5, 0.6) is 0 Å². The number of aryl methyl sites for hydroxylation is 2. The molecule has 102 valence electrons. The van der Waals surface area contributed by atoms with E-state index in [-0.39, 0.29) is 0 Å². The van der Waals surface area contributed by atoms with Crippen LogP contribution in [0.4, 0.5) is 0 Å². The van der Waals surface area contributed by atoms with Crippen LogP contribution in [0.3, 0.4) is 0 Å². The SMILES string of the molecule is Cc1ccc(CCNC(C)CNC(C)C)cc1C. The molecule has 0 saturated carbocycles. The smallest absolute Gasteiger partial charge is 0.0164 e. The summed E-state index contributed by atoms with van der Waals surface area (Å²) in [6.45, 7) is 13.0. The van der Waals surface area contributed by atoms with Crippen LogP contribution in [-0.2, 0) is 6.42 Å². The van der Waals surface area contributed by atoms with Crippen molar-refractivity contribution in [3.63, 3.8) is 0 Å². The van der Waals surface area contributed by atoms with Crippen molar-refractivity contribution < 1.29 is 0 Å². The van der Waals surface area contributed by atoms with Crippen LogP contribution in [0, 0.1) is 13.8 Å². The van der Waals surface area contributed by atoms with Crippen molar-refractivity contribution in [2.45, 2.75) is 53.1 Å². The minimum Gasteiger partial charge on any atom is -0.313 e. The van der Waals surface area contributed by atoms with Crippen LogP contribution in [0.1, 0.15) is 37.5 Å². The zero-order valence-electron chi connectivity index (χ0n) is 12.5. The average Bonchev–Trinajstić information content (AvgIpc) is 2.31. The second-order valence-electron chi connectivity index (χ2n) is 5.59. The van der Waals surface area contributed by atoms with Gasteiger partial charge in [-0.25, -0.2) is 0 Å². The topological polar surface area (TPSA) is 24.1 Å². The monoisotopic (exact) mass is 248 g/mol. The number of rotatable bonds is 7. The molecule has 1 rings (SSSR count). The van der Waals surface area contributed by atoms with Crippen molar-refractivity contribution in [3.05, 3.63) is 34.9 Å². The number of nitrogens with one attached hydrogen (secondary N) is 2. The first-order chi connectivity index (χ1) is 8.49. The molecule has 1 aromatic carbocycles. The summed E-state index contributed by atoms with van der Waals surface area (Å²) in [7, 11) is 0. The lowest BCUT2D eigenvalue weighted by Gasteiger charge is -2.16. The summed E-state index contributed by atoms with van der Waals surface area (Å²) >= 11 is 0. The van der Waals surface area contributed by atoms with Crippen LogP contribution in [0.15, 0.2) is 18.2 Å². The molecule has 0 spiro atoms. The zero-order chi connectivity index (χ0) is 13.5. The van der Waals surface area contributed by atoms with Gasteiger partial charge < -0.3 is 10.6 Å². The second kappa shape index (κ2) is 7.55. The molecule has 0 aliphatic carbocycles. The highest BCUT2D eigenvalue weighted by Crippen LogP contribution is 2.09. The Labute approximate surface area is 112 Å². The lowest BCUT2D eigenvalue weighted by molar-refractivity contribution is 0.476. The molecule has 0 heterocycles. The van der Waals surface area contributed by atoms with E-state index in [1.165, 1.54) is 16.7 Å². The average molecular weight is 248 g/mol. The van der Waals surface area contributed by atoms with Crippen molar-refractivity contribution in [1.29, 1.82) is 0 Å². The maximum absolute atomic E-state index is 3.56. The molecule has 0 radical (unpaired) electrons. The zero-order valence-corrected chi connectivity index (χ0v) is 12.5. The minimum absolute atomic E-state index is 0.527. The van der Waals surface area contributed by atoms with Crippen LogP contribution in [0.25, 0.3) is 0 Å². The van der Waals surface area contributed by atoms with E-state index in [4.69, 9.17) is 0 Å². The highest BCUT2D eigenvalue weighted by atomic mass is 15.0. The fourth-order valence-corrected chi connectivity index (χ4v) is 1.91. The predicted octanol–water partition coefficient (Wildman–Crippen LogP) is 2.82. The third-order valence-electron chi connectivity index (χ3n) is 3.31. The van der Waals surface area contributed by atoms with Gasteiger partial charge >= 0.3 is 0 Å². The van der Waals surface area contributed by atoms with Gasteiger partial charge in [0.2, 0.25) is 0 Å². The molecule has 0 amide bonds. The van der Waals surface area contributed by atoms with E-state index in [1.54, 1.807) is 0 Å². The van der Waals surface area contributed by atoms with Crippen molar-refractivity contribution in [2.24, 2.45) is 0 Å². The molecule has 18 heavy (non-hydrogen) atoms. The molecule has 0 bridgehead atoms. The molecule has 2 nitrogen and oxygen atoms in total. The Balaban J connectivity index is 2.26. The summed E-state index contributed by atoms with van der Waals surface area (Å²) in [6, 6.07) is 7.84. The third kappa shape index (κ3) is 5.65. The molecule has 1 atom stereocenters. The fourth-order valence-electron chi connectivity index (χ4n) is 1.91. The fraction of sp³-hybridized carbons (Fsp3) is 0.625. The molecule has 1 aromatic rings. The molecule has 2 heteroatoms. The molecule has 0 aromatic heterocycles. The normalized spacial score (nSPS) is 13.0. The van der Waals surface area contributed by atoms with E-state index in [0.29, 0.717) is 12.1 Å². The van der Waals surface area contributed by atoms with Crippen LogP contribution in [-0.4, -0.2) is 25.2 Å². The maximum Gasteiger partial charge on any atom is 0.0164 e. The summed E-state index contributed by atoms with van der Waals surface area (Å²) in [4.78, 5) is 0. The van der Waals surface area contributed by atoms with Gasteiger partial charge in [0.1, 0.15) is 0 Å². The van der Waals surface area contributed by atoms with Gasteiger partial charge in [0.05, 0.1) is 0 Å². The molecule has 2 N–H and O–H groups in total. The quantitative estimate of drug-likeness (QED) is 0.775. The summed E-state index contributed by atoms with van der Waals surface area (Å²) in [5.41, 5.74) is 4.19. The largest absolute Gasteiger partial charge is 0.313 e. The minimum atomic E-state index is 0.527. The maximum atomic E-state index is 3.56. The summed E-state index contributed by atoms with van der Waals surface area (Å²) in [5.74, 6) is 0. The highest BCUT2D eigenvalue weighted by molar-refractivity contribution is 5.30. The van der Waals surface area contributed by atoms with Crippen molar-refractivity contribution in [2.75, 3.05) is 13.1 Å². The lowest BCUT2D eigenvalue weighted by Crippen LogP contribution is -2.39. The highest BCUT2D eigenvalue weighted by Gasteiger charge is 2.02. The first-order valence-corrected chi connectivity index (χ1v) is 7.02. The Bertz CT molecular complexity index is 358. The van der Waals surface area contributed by atoms with E-state index in [2.05, 4.69) is 63.5 Å². The molecule has 0 saturated heterocycles. The van der Waals surface area contributed by atoms with E-state index in [0.717, 1.165) is 19.5 Å². The van der Waals surface area contributed by atoms with Gasteiger partial charge in [0, 0.05) is 18.6 Å². The van der Waals surface area contributed by atoms with Gasteiger partial charge in [-0.05, 0) is 50.4 Å². The first-order valence-electron chi connectivity index (χ1n) is 7.02. The van der Waals surface area contributed by atoms with Crippen molar-refractivity contribution >= 4 is 0 Å². The van der Waals surface area contributed by atoms with Gasteiger partial charge in [-0.1, -0.05) is 32.0 Å². The van der Waals surface area contributed by atoms with E-state index in [9.17, 15) is 0 Å². The summed E-state index contributed by atoms with van der Waals surface area (Å²) < 4.78 is 0. The molecule has 1 unspecified atom stereocenters. The summed E-state index contributed by atoms with van der Waals surface area (Å²) in [5, 5.41) is 7.01. The second-order valence-corrected chi connectivity index (χ2v) is 5.59. The standard InChI is InChI=1S/C16H28N2/c1-12(2)18-11-15(5)17-9-8-16-7-6-13(3)14(4)10-16/h6-7,10,12,15,17-18H,8-9,11H2,1-5H3. The number of hydrogen-bond acceptors (Lipinski definition) is 2. The third-order valence-corrected chi connectivity index (χ3v) is 3.31. The Morgan fingerprint density at radius 2 is 1.72 bits per heavy atom. The molecular weight excluding hydrogens is 220 g/mol. The van der Waals surface area contributed by atoms with Crippen LogP contribution >= 0.6 is 0 Å². The van der Waals surface area contributed by atoms with Crippen molar-refractivity contribution in [1.82, 2.24) is 10.6 Å². The van der Waals surface area contributed by atoms with E-state index < -0.39 is 0 Å². The molecular formula is C16H28N2. The Morgan fingerprint density at radius 1 is 1.00 bits per heavy atom. The van der Waals surface area contributed by atoms with Gasteiger partial charge in [0.15, 0.2) is 0 Å². The van der Waals surface area contributed by atoms with Gasteiger partial charge in [0.25, 0.3) is 0 Å². The van der Waals surface area contributed by atoms with Crippen LogP contribution in [0.2, 0.25) is 0 Å².